The number of hydrogen-bond acceptors (Lipinski definition) is 3. The molecule has 0 bridgehead atoms. The van der Waals surface area contributed by atoms with E-state index < -0.39 is 0 Å². The average molecular weight is 275 g/mol. The summed E-state index contributed by atoms with van der Waals surface area (Å²) in [7, 11) is 1.91. The molecular formula is C16H25N3O. The van der Waals surface area contributed by atoms with Gasteiger partial charge in [0.15, 0.2) is 0 Å². The number of likely N-dealkylation sites (tertiary alicyclic amines) is 1. The third kappa shape index (κ3) is 4.05. The van der Waals surface area contributed by atoms with Crippen LogP contribution in [0, 0.1) is 0 Å². The summed E-state index contributed by atoms with van der Waals surface area (Å²) in [4.78, 5) is 14.6. The van der Waals surface area contributed by atoms with Gasteiger partial charge in [-0.1, -0.05) is 30.3 Å². The van der Waals surface area contributed by atoms with Gasteiger partial charge >= 0.3 is 0 Å². The highest BCUT2D eigenvalue weighted by Crippen LogP contribution is 2.20. The maximum absolute atomic E-state index is 12.3. The van der Waals surface area contributed by atoms with Crippen molar-refractivity contribution in [2.75, 3.05) is 20.1 Å². The summed E-state index contributed by atoms with van der Waals surface area (Å²) in [5.41, 5.74) is 1.27. The lowest BCUT2D eigenvalue weighted by Crippen LogP contribution is -2.46. The minimum Gasteiger partial charge on any atom is -0.353 e. The monoisotopic (exact) mass is 275 g/mol. The maximum atomic E-state index is 12.3. The van der Waals surface area contributed by atoms with Crippen molar-refractivity contribution in [2.45, 2.75) is 38.4 Å². The molecule has 1 aromatic rings. The highest BCUT2D eigenvalue weighted by Gasteiger charge is 2.30. The van der Waals surface area contributed by atoms with E-state index in [-0.39, 0.29) is 11.9 Å². The summed E-state index contributed by atoms with van der Waals surface area (Å²) in [6.07, 6.45) is 2.07. The van der Waals surface area contributed by atoms with Crippen molar-refractivity contribution in [1.29, 1.82) is 0 Å². The lowest BCUT2D eigenvalue weighted by molar-refractivity contribution is -0.125. The molecule has 2 rings (SSSR count). The van der Waals surface area contributed by atoms with Crippen LogP contribution in [0.4, 0.5) is 0 Å². The predicted molar refractivity (Wildman–Crippen MR) is 81.4 cm³/mol. The fraction of sp³-hybridized carbons (Fsp3) is 0.562. The van der Waals surface area contributed by atoms with Gasteiger partial charge in [0.05, 0.1) is 6.04 Å². The maximum Gasteiger partial charge on any atom is 0.237 e. The molecule has 0 spiro atoms. The van der Waals surface area contributed by atoms with E-state index in [1.165, 1.54) is 5.56 Å². The molecule has 2 atom stereocenters. The quantitative estimate of drug-likeness (QED) is 0.824. The van der Waals surface area contributed by atoms with Crippen LogP contribution in [0.2, 0.25) is 0 Å². The second-order valence-electron chi connectivity index (χ2n) is 5.55. The van der Waals surface area contributed by atoms with Crippen LogP contribution in [0.3, 0.4) is 0 Å². The van der Waals surface area contributed by atoms with Gasteiger partial charge in [0.2, 0.25) is 5.91 Å². The Hall–Kier alpha value is -1.39. The molecule has 20 heavy (non-hydrogen) atoms. The van der Waals surface area contributed by atoms with E-state index in [1.807, 2.05) is 13.1 Å². The Balaban J connectivity index is 1.88. The second kappa shape index (κ2) is 7.41. The Morgan fingerprint density at radius 1 is 1.40 bits per heavy atom. The Morgan fingerprint density at radius 3 is 2.85 bits per heavy atom. The van der Waals surface area contributed by atoms with Crippen LogP contribution >= 0.6 is 0 Å². The molecule has 0 aliphatic carbocycles. The van der Waals surface area contributed by atoms with Crippen molar-refractivity contribution in [3.8, 4) is 0 Å². The van der Waals surface area contributed by atoms with E-state index in [2.05, 4.69) is 46.7 Å². The van der Waals surface area contributed by atoms with Crippen LogP contribution in [0.1, 0.15) is 25.3 Å². The fourth-order valence-electron chi connectivity index (χ4n) is 2.60. The zero-order valence-electron chi connectivity index (χ0n) is 12.4. The number of rotatable bonds is 6. The summed E-state index contributed by atoms with van der Waals surface area (Å²) in [5, 5.41) is 6.18. The van der Waals surface area contributed by atoms with Crippen LogP contribution in [0.25, 0.3) is 0 Å². The molecule has 4 nitrogen and oxygen atoms in total. The summed E-state index contributed by atoms with van der Waals surface area (Å²) in [6.45, 7) is 4.62. The summed E-state index contributed by atoms with van der Waals surface area (Å²) in [5.74, 6) is 0.167. The molecule has 2 N–H and O–H groups in total. The molecule has 1 aliphatic heterocycles. The van der Waals surface area contributed by atoms with Crippen LogP contribution in [0.15, 0.2) is 30.3 Å². The topological polar surface area (TPSA) is 44.4 Å². The number of nitrogens with one attached hydrogen (secondary N) is 2. The molecule has 0 saturated carbocycles. The smallest absolute Gasteiger partial charge is 0.237 e. The molecule has 110 valence electrons. The first-order chi connectivity index (χ1) is 9.70. The van der Waals surface area contributed by atoms with E-state index in [4.69, 9.17) is 0 Å². The zero-order chi connectivity index (χ0) is 14.4. The lowest BCUT2D eigenvalue weighted by atomic mass is 10.1. The van der Waals surface area contributed by atoms with Crippen molar-refractivity contribution < 1.29 is 4.79 Å². The number of amides is 1. The largest absolute Gasteiger partial charge is 0.353 e. The predicted octanol–water partition coefficient (Wildman–Crippen LogP) is 1.38. The Bertz CT molecular complexity index is 421. The SMILES string of the molecule is CNC(C)CNC(=O)C1CCCN1Cc1ccccc1. The van der Waals surface area contributed by atoms with Gasteiger partial charge in [-0.3, -0.25) is 9.69 Å². The van der Waals surface area contributed by atoms with Crippen molar-refractivity contribution in [3.63, 3.8) is 0 Å². The number of nitrogens with zero attached hydrogens (tertiary/aromatic N) is 1. The molecule has 4 heteroatoms. The molecule has 0 radical (unpaired) electrons. The highest BCUT2D eigenvalue weighted by molar-refractivity contribution is 5.82. The number of carbonyl (C=O) groups is 1. The summed E-state index contributed by atoms with van der Waals surface area (Å²) < 4.78 is 0. The lowest BCUT2D eigenvalue weighted by Gasteiger charge is -2.24. The summed E-state index contributed by atoms with van der Waals surface area (Å²) >= 11 is 0. The molecule has 2 unspecified atom stereocenters. The van der Waals surface area contributed by atoms with E-state index in [1.54, 1.807) is 0 Å². The first-order valence-corrected chi connectivity index (χ1v) is 7.43. The molecule has 0 aromatic heterocycles. The van der Waals surface area contributed by atoms with E-state index in [9.17, 15) is 4.79 Å². The highest BCUT2D eigenvalue weighted by atomic mass is 16.2. The second-order valence-corrected chi connectivity index (χ2v) is 5.55. The minimum atomic E-state index is 0.0271. The van der Waals surface area contributed by atoms with Gasteiger partial charge in [0.25, 0.3) is 0 Å². The zero-order valence-corrected chi connectivity index (χ0v) is 12.4. The van der Waals surface area contributed by atoms with Crippen LogP contribution in [-0.4, -0.2) is 43.0 Å². The van der Waals surface area contributed by atoms with Gasteiger partial charge < -0.3 is 10.6 Å². The van der Waals surface area contributed by atoms with Crippen molar-refractivity contribution in [3.05, 3.63) is 35.9 Å². The van der Waals surface area contributed by atoms with Gasteiger partial charge in [0.1, 0.15) is 0 Å². The van der Waals surface area contributed by atoms with Gasteiger partial charge in [0, 0.05) is 19.1 Å². The molecule has 1 saturated heterocycles. The normalized spacial score (nSPS) is 20.8. The number of carbonyl (C=O) groups excluding carboxylic acids is 1. The standard InChI is InChI=1S/C16H25N3O/c1-13(17-2)11-18-16(20)15-9-6-10-19(15)12-14-7-4-3-5-8-14/h3-5,7-8,13,15,17H,6,9-12H2,1-2H3,(H,18,20). The van der Waals surface area contributed by atoms with Crippen LogP contribution in [-0.2, 0) is 11.3 Å². The van der Waals surface area contributed by atoms with Gasteiger partial charge in [-0.25, -0.2) is 0 Å². The molecule has 1 aliphatic rings. The van der Waals surface area contributed by atoms with Gasteiger partial charge in [-0.05, 0) is 38.9 Å². The fourth-order valence-corrected chi connectivity index (χ4v) is 2.60. The molecule has 1 heterocycles. The number of benzene rings is 1. The van der Waals surface area contributed by atoms with Gasteiger partial charge in [-0.2, -0.15) is 0 Å². The molecular weight excluding hydrogens is 250 g/mol. The van der Waals surface area contributed by atoms with Crippen LogP contribution < -0.4 is 10.6 Å². The summed E-state index contributed by atoms with van der Waals surface area (Å²) in [6, 6.07) is 10.7. The third-order valence-corrected chi connectivity index (χ3v) is 3.97. The molecule has 1 aromatic carbocycles. The minimum absolute atomic E-state index is 0.0271. The van der Waals surface area contributed by atoms with E-state index in [0.29, 0.717) is 12.6 Å². The number of hydrogen-bond donors (Lipinski definition) is 2. The van der Waals surface area contributed by atoms with Crippen molar-refractivity contribution >= 4 is 5.91 Å². The molecule has 1 amide bonds. The van der Waals surface area contributed by atoms with Crippen LogP contribution in [0.5, 0.6) is 0 Å². The Kier molecular flexibility index (Phi) is 5.56. The van der Waals surface area contributed by atoms with E-state index in [0.717, 1.165) is 25.9 Å². The first-order valence-electron chi connectivity index (χ1n) is 7.43. The average Bonchev–Trinajstić information content (AvgIpc) is 2.93. The van der Waals surface area contributed by atoms with Gasteiger partial charge in [-0.15, -0.1) is 0 Å². The van der Waals surface area contributed by atoms with Crippen molar-refractivity contribution in [2.24, 2.45) is 0 Å². The van der Waals surface area contributed by atoms with Crippen molar-refractivity contribution in [1.82, 2.24) is 15.5 Å². The Labute approximate surface area is 121 Å². The molecule has 1 fully saturated rings. The Morgan fingerprint density at radius 2 is 2.15 bits per heavy atom. The van der Waals surface area contributed by atoms with E-state index >= 15 is 0 Å². The third-order valence-electron chi connectivity index (χ3n) is 3.97. The first kappa shape index (κ1) is 15.0. The number of likely N-dealkylation sites (N-methyl/N-ethyl adjacent to an activating group) is 1.